The topological polar surface area (TPSA) is 104 Å². The fraction of sp³-hybridized carbons (Fsp3) is 0.778. The van der Waals surface area contributed by atoms with E-state index in [4.69, 9.17) is 5.11 Å². The third-order valence-electron chi connectivity index (χ3n) is 2.42. The van der Waals surface area contributed by atoms with Crippen molar-refractivity contribution in [2.75, 3.05) is 36.6 Å². The number of amides is 2. The molecule has 2 amide bonds. The highest BCUT2D eigenvalue weighted by Gasteiger charge is 2.32. The number of nitrogens with one attached hydrogen (secondary N) is 1. The van der Waals surface area contributed by atoms with E-state index in [1.54, 1.807) is 0 Å². The molecule has 1 aliphatic heterocycles. The number of carbonyl (C=O) groups excluding carboxylic acids is 1. The van der Waals surface area contributed by atoms with Crippen molar-refractivity contribution in [2.24, 2.45) is 0 Å². The minimum atomic E-state index is -3.13. The number of rotatable bonds is 4. The van der Waals surface area contributed by atoms with Crippen molar-refractivity contribution in [3.63, 3.8) is 0 Å². The van der Waals surface area contributed by atoms with Gasteiger partial charge in [0.15, 0.2) is 0 Å². The molecule has 104 valence electrons. The zero-order chi connectivity index (χ0) is 13.8. The van der Waals surface area contributed by atoms with Crippen molar-refractivity contribution in [3.05, 3.63) is 0 Å². The molecule has 1 aliphatic rings. The van der Waals surface area contributed by atoms with Crippen LogP contribution in [0.3, 0.4) is 0 Å². The van der Waals surface area contributed by atoms with Crippen LogP contribution in [0, 0.1) is 0 Å². The van der Waals surface area contributed by atoms with Gasteiger partial charge in [0.25, 0.3) is 0 Å². The molecule has 0 spiro atoms. The fourth-order valence-electron chi connectivity index (χ4n) is 1.50. The maximum absolute atomic E-state index is 11.7. The Bertz CT molecular complexity index is 423. The van der Waals surface area contributed by atoms with Crippen molar-refractivity contribution >= 4 is 33.6 Å². The van der Waals surface area contributed by atoms with E-state index < -0.39 is 27.9 Å². The second kappa shape index (κ2) is 6.28. The number of nitrogens with zero attached hydrogens (tertiary/aromatic N) is 1. The molecule has 1 atom stereocenters. The number of aliphatic carboxylic acids is 1. The molecule has 18 heavy (non-hydrogen) atoms. The monoisotopic (exact) mass is 296 g/mol. The molecule has 1 unspecified atom stereocenters. The van der Waals surface area contributed by atoms with E-state index in [1.807, 2.05) is 0 Å². The third kappa shape index (κ3) is 4.73. The largest absolute Gasteiger partial charge is 0.480 e. The van der Waals surface area contributed by atoms with Crippen LogP contribution in [-0.4, -0.2) is 73.1 Å². The van der Waals surface area contributed by atoms with E-state index in [1.165, 1.54) is 16.7 Å². The smallest absolute Gasteiger partial charge is 0.327 e. The molecule has 1 rings (SSSR count). The predicted octanol–water partition coefficient (Wildman–Crippen LogP) is -0.757. The Balaban J connectivity index is 2.51. The summed E-state index contributed by atoms with van der Waals surface area (Å²) in [6.07, 6.45) is 1.08. The molecular weight excluding hydrogens is 280 g/mol. The molecule has 0 aromatic heterocycles. The quantitative estimate of drug-likeness (QED) is 0.707. The van der Waals surface area contributed by atoms with Crippen molar-refractivity contribution in [1.29, 1.82) is 0 Å². The Morgan fingerprint density at radius 2 is 2.17 bits per heavy atom. The molecule has 0 bridgehead atoms. The highest BCUT2D eigenvalue weighted by molar-refractivity contribution is 7.99. The molecule has 1 heterocycles. The summed E-state index contributed by atoms with van der Waals surface area (Å²) in [7, 11) is -3.13. The summed E-state index contributed by atoms with van der Waals surface area (Å²) in [5, 5.41) is 11.4. The molecule has 0 aromatic rings. The number of carboxylic acid groups (broad SMARTS) is 1. The lowest BCUT2D eigenvalue weighted by Gasteiger charge is -2.32. The van der Waals surface area contributed by atoms with E-state index in [2.05, 4.69) is 5.32 Å². The van der Waals surface area contributed by atoms with Gasteiger partial charge < -0.3 is 15.3 Å². The van der Waals surface area contributed by atoms with Crippen molar-refractivity contribution < 1.29 is 23.1 Å². The van der Waals surface area contributed by atoms with Gasteiger partial charge in [-0.25, -0.2) is 18.0 Å². The molecule has 9 heteroatoms. The standard InChI is InChI=1S/C9H16N2O5S2/c1-18(15,16)5-2-10-9(14)11-3-4-17-6-7(11)8(12)13/h7H,2-6H2,1H3,(H,10,14)(H,12,13). The molecule has 0 saturated carbocycles. The van der Waals surface area contributed by atoms with Gasteiger partial charge in [-0.15, -0.1) is 0 Å². The van der Waals surface area contributed by atoms with Gasteiger partial charge in [-0.05, 0) is 0 Å². The number of carboxylic acids is 1. The lowest BCUT2D eigenvalue weighted by molar-refractivity contribution is -0.141. The van der Waals surface area contributed by atoms with E-state index in [0.717, 1.165) is 6.26 Å². The first kappa shape index (κ1) is 15.1. The Hall–Kier alpha value is -0.960. The van der Waals surface area contributed by atoms with Crippen LogP contribution >= 0.6 is 11.8 Å². The van der Waals surface area contributed by atoms with Crippen LogP contribution in [-0.2, 0) is 14.6 Å². The number of hydrogen-bond donors (Lipinski definition) is 2. The average molecular weight is 296 g/mol. The predicted molar refractivity (Wildman–Crippen MR) is 68.6 cm³/mol. The van der Waals surface area contributed by atoms with Gasteiger partial charge in [0.1, 0.15) is 15.9 Å². The Labute approximate surface area is 110 Å². The van der Waals surface area contributed by atoms with E-state index in [-0.39, 0.29) is 12.3 Å². The molecule has 0 aliphatic carbocycles. The minimum Gasteiger partial charge on any atom is -0.480 e. The second-order valence-electron chi connectivity index (χ2n) is 3.98. The summed E-state index contributed by atoms with van der Waals surface area (Å²) in [6, 6.07) is -1.37. The SMILES string of the molecule is CS(=O)(=O)CCNC(=O)N1CCSCC1C(=O)O. The van der Waals surface area contributed by atoms with Gasteiger partial charge in [-0.3, -0.25) is 0 Å². The maximum atomic E-state index is 11.7. The van der Waals surface area contributed by atoms with Crippen LogP contribution in [0.1, 0.15) is 0 Å². The summed E-state index contributed by atoms with van der Waals surface area (Å²) in [5.41, 5.74) is 0. The summed E-state index contributed by atoms with van der Waals surface area (Å²) >= 11 is 1.48. The molecular formula is C9H16N2O5S2. The number of urea groups is 1. The number of thioether (sulfide) groups is 1. The van der Waals surface area contributed by atoms with E-state index in [9.17, 15) is 18.0 Å². The lowest BCUT2D eigenvalue weighted by atomic mass is 10.3. The van der Waals surface area contributed by atoms with Crippen LogP contribution in [0.2, 0.25) is 0 Å². The zero-order valence-corrected chi connectivity index (χ0v) is 11.6. The van der Waals surface area contributed by atoms with E-state index >= 15 is 0 Å². The molecule has 1 fully saturated rings. The highest BCUT2D eigenvalue weighted by atomic mass is 32.2. The van der Waals surface area contributed by atoms with Gasteiger partial charge in [0.05, 0.1) is 5.75 Å². The molecule has 0 radical (unpaired) electrons. The third-order valence-corrected chi connectivity index (χ3v) is 4.39. The van der Waals surface area contributed by atoms with Crippen LogP contribution < -0.4 is 5.32 Å². The maximum Gasteiger partial charge on any atom is 0.327 e. The van der Waals surface area contributed by atoms with Gasteiger partial charge >= 0.3 is 12.0 Å². The summed E-state index contributed by atoms with van der Waals surface area (Å²) in [6.45, 7) is 0.347. The van der Waals surface area contributed by atoms with Crippen molar-refractivity contribution in [1.82, 2.24) is 10.2 Å². The van der Waals surface area contributed by atoms with Crippen LogP contribution in [0.15, 0.2) is 0 Å². The summed E-state index contributed by atoms with van der Waals surface area (Å²) in [5.74, 6) is -0.155. The second-order valence-corrected chi connectivity index (χ2v) is 7.39. The first-order valence-corrected chi connectivity index (χ1v) is 8.55. The summed E-state index contributed by atoms with van der Waals surface area (Å²) in [4.78, 5) is 24.0. The van der Waals surface area contributed by atoms with Crippen LogP contribution in [0.25, 0.3) is 0 Å². The van der Waals surface area contributed by atoms with Gasteiger partial charge in [0.2, 0.25) is 0 Å². The molecule has 7 nitrogen and oxygen atoms in total. The molecule has 2 N–H and O–H groups in total. The van der Waals surface area contributed by atoms with Gasteiger partial charge in [-0.1, -0.05) is 0 Å². The van der Waals surface area contributed by atoms with Crippen LogP contribution in [0.4, 0.5) is 4.79 Å². The average Bonchev–Trinajstić information content (AvgIpc) is 2.27. The highest BCUT2D eigenvalue weighted by Crippen LogP contribution is 2.16. The number of hydrogen-bond acceptors (Lipinski definition) is 5. The summed E-state index contributed by atoms with van der Waals surface area (Å²) < 4.78 is 21.8. The molecule has 0 aromatic carbocycles. The minimum absolute atomic E-state index is 0.00630. The Morgan fingerprint density at radius 3 is 2.72 bits per heavy atom. The Kier molecular flexibility index (Phi) is 5.27. The van der Waals surface area contributed by atoms with Gasteiger partial charge in [-0.2, -0.15) is 11.8 Å². The van der Waals surface area contributed by atoms with Gasteiger partial charge in [0, 0.05) is 30.9 Å². The van der Waals surface area contributed by atoms with Crippen molar-refractivity contribution in [3.8, 4) is 0 Å². The number of sulfone groups is 1. The first-order valence-electron chi connectivity index (χ1n) is 5.34. The fourth-order valence-corrected chi connectivity index (χ4v) is 3.01. The lowest BCUT2D eigenvalue weighted by Crippen LogP contribution is -2.54. The number of carbonyl (C=O) groups is 2. The van der Waals surface area contributed by atoms with Crippen molar-refractivity contribution in [2.45, 2.75) is 6.04 Å². The molecule has 1 saturated heterocycles. The van der Waals surface area contributed by atoms with E-state index in [0.29, 0.717) is 18.1 Å². The first-order chi connectivity index (χ1) is 8.31. The zero-order valence-electron chi connectivity index (χ0n) is 9.96. The Morgan fingerprint density at radius 1 is 1.50 bits per heavy atom. The normalized spacial score (nSPS) is 20.5. The van der Waals surface area contributed by atoms with Crippen LogP contribution in [0.5, 0.6) is 0 Å².